The Bertz CT molecular complexity index is 718. The Hall–Kier alpha value is -2.63. The molecule has 0 unspecified atom stereocenters. The highest BCUT2D eigenvalue weighted by Crippen LogP contribution is 2.50. The number of phosphoric ester groups is 1. The van der Waals surface area contributed by atoms with E-state index in [1.165, 1.54) is 0 Å². The lowest BCUT2D eigenvalue weighted by molar-refractivity contribution is -0.167. The summed E-state index contributed by atoms with van der Waals surface area (Å²) in [6.45, 7) is 0. The quantitative estimate of drug-likeness (QED) is 0.589. The summed E-state index contributed by atoms with van der Waals surface area (Å²) in [7, 11) is -4.30. The van der Waals surface area contributed by atoms with E-state index in [0.717, 1.165) is 0 Å². The monoisotopic (exact) mass is 347 g/mol. The Kier molecular flexibility index (Phi) is 4.64. The lowest BCUT2D eigenvalue weighted by Gasteiger charge is -2.21. The predicted molar refractivity (Wildman–Crippen MR) is 83.9 cm³/mol. The van der Waals surface area contributed by atoms with Crippen LogP contribution in [0.1, 0.15) is 12.8 Å². The van der Waals surface area contributed by atoms with Crippen LogP contribution in [0.15, 0.2) is 60.7 Å². The van der Waals surface area contributed by atoms with E-state index in [2.05, 4.69) is 0 Å². The van der Waals surface area contributed by atoms with Gasteiger partial charge in [0.2, 0.25) is 0 Å². The molecule has 7 nitrogen and oxygen atoms in total. The van der Waals surface area contributed by atoms with Crippen LogP contribution in [0.4, 0.5) is 0 Å². The summed E-state index contributed by atoms with van der Waals surface area (Å²) in [6.07, 6.45) is -0.00891. The molecule has 0 radical (unpaired) electrons. The minimum absolute atomic E-state index is 0.00446. The second kappa shape index (κ2) is 6.86. The normalized spacial score (nSPS) is 14.8. The van der Waals surface area contributed by atoms with Gasteiger partial charge in [-0.05, 0) is 24.3 Å². The maximum absolute atomic E-state index is 13.0. The number of imide groups is 1. The molecule has 0 saturated carbocycles. The Morgan fingerprint density at radius 1 is 0.750 bits per heavy atom. The highest BCUT2D eigenvalue weighted by Gasteiger charge is 2.41. The summed E-state index contributed by atoms with van der Waals surface area (Å²) >= 11 is 0. The van der Waals surface area contributed by atoms with E-state index in [0.29, 0.717) is 5.06 Å². The number of phosphoric acid groups is 1. The minimum atomic E-state index is -4.30. The van der Waals surface area contributed by atoms with E-state index in [1.54, 1.807) is 60.7 Å². The van der Waals surface area contributed by atoms with Gasteiger partial charge in [0.25, 0.3) is 11.8 Å². The SMILES string of the molecule is O=C1CCC(=O)N1OP(=O)(Oc1ccccc1)Oc1ccccc1. The molecule has 1 aliphatic rings. The third-order valence-corrected chi connectivity index (χ3v) is 4.34. The molecule has 2 aromatic carbocycles. The zero-order chi connectivity index (χ0) is 17.0. The molecule has 1 saturated heterocycles. The summed E-state index contributed by atoms with van der Waals surface area (Å²) in [4.78, 5) is 23.4. The summed E-state index contributed by atoms with van der Waals surface area (Å²) in [6, 6.07) is 16.4. The summed E-state index contributed by atoms with van der Waals surface area (Å²) in [5.74, 6) is -0.742. The molecule has 1 heterocycles. The van der Waals surface area contributed by atoms with Crippen molar-refractivity contribution in [2.45, 2.75) is 12.8 Å². The van der Waals surface area contributed by atoms with Crippen molar-refractivity contribution in [2.24, 2.45) is 0 Å². The van der Waals surface area contributed by atoms with E-state index in [4.69, 9.17) is 13.7 Å². The summed E-state index contributed by atoms with van der Waals surface area (Å²) in [5, 5.41) is 0.451. The molecule has 2 aromatic rings. The van der Waals surface area contributed by atoms with Gasteiger partial charge >= 0.3 is 7.82 Å². The molecule has 24 heavy (non-hydrogen) atoms. The number of amides is 2. The fourth-order valence-corrected chi connectivity index (χ4v) is 3.27. The van der Waals surface area contributed by atoms with Crippen LogP contribution in [-0.4, -0.2) is 16.9 Å². The van der Waals surface area contributed by atoms with Crippen LogP contribution < -0.4 is 9.05 Å². The molecule has 3 rings (SSSR count). The van der Waals surface area contributed by atoms with Crippen LogP contribution in [0.2, 0.25) is 0 Å². The molecule has 0 aromatic heterocycles. The minimum Gasteiger partial charge on any atom is -0.394 e. The van der Waals surface area contributed by atoms with E-state index in [1.807, 2.05) is 0 Å². The second-order valence-electron chi connectivity index (χ2n) is 4.92. The van der Waals surface area contributed by atoms with Gasteiger partial charge in [0.1, 0.15) is 11.5 Å². The van der Waals surface area contributed by atoms with Gasteiger partial charge in [-0.15, -0.1) is 9.69 Å². The fourth-order valence-electron chi connectivity index (χ4n) is 2.02. The highest BCUT2D eigenvalue weighted by atomic mass is 31.2. The molecular formula is C16H14NO6P. The van der Waals surface area contributed by atoms with Crippen molar-refractivity contribution in [1.82, 2.24) is 5.06 Å². The zero-order valence-corrected chi connectivity index (χ0v) is 13.4. The van der Waals surface area contributed by atoms with Crippen molar-refractivity contribution in [3.05, 3.63) is 60.7 Å². The van der Waals surface area contributed by atoms with Gasteiger partial charge in [0, 0.05) is 12.8 Å². The molecule has 8 heteroatoms. The molecule has 0 spiro atoms. The van der Waals surface area contributed by atoms with Crippen molar-refractivity contribution in [1.29, 1.82) is 0 Å². The smallest absolute Gasteiger partial charge is 0.394 e. The maximum Gasteiger partial charge on any atom is 0.610 e. The van der Waals surface area contributed by atoms with E-state index in [-0.39, 0.29) is 24.3 Å². The molecule has 1 fully saturated rings. The van der Waals surface area contributed by atoms with Crippen LogP contribution in [0.25, 0.3) is 0 Å². The Balaban J connectivity index is 1.86. The van der Waals surface area contributed by atoms with Crippen molar-refractivity contribution in [3.63, 3.8) is 0 Å². The molecule has 0 N–H and O–H groups in total. The van der Waals surface area contributed by atoms with Gasteiger partial charge in [-0.3, -0.25) is 9.59 Å². The van der Waals surface area contributed by atoms with Gasteiger partial charge < -0.3 is 9.05 Å². The van der Waals surface area contributed by atoms with E-state index >= 15 is 0 Å². The standard InChI is InChI=1S/C16H14NO6P/c18-15-11-12-16(19)17(15)23-24(20,21-13-7-3-1-4-8-13)22-14-9-5-2-6-10-14/h1-10H,11-12H2. The van der Waals surface area contributed by atoms with Crippen molar-refractivity contribution in [3.8, 4) is 11.5 Å². The van der Waals surface area contributed by atoms with Crippen LogP contribution in [0, 0.1) is 0 Å². The highest BCUT2D eigenvalue weighted by molar-refractivity contribution is 7.49. The van der Waals surface area contributed by atoms with E-state index in [9.17, 15) is 14.2 Å². The lowest BCUT2D eigenvalue weighted by Crippen LogP contribution is -2.29. The number of carbonyl (C=O) groups is 2. The van der Waals surface area contributed by atoms with Crippen LogP contribution >= 0.6 is 7.82 Å². The van der Waals surface area contributed by atoms with Gasteiger partial charge in [-0.2, -0.15) is 0 Å². The first-order valence-electron chi connectivity index (χ1n) is 7.21. The average Bonchev–Trinajstić information content (AvgIpc) is 2.88. The first-order valence-corrected chi connectivity index (χ1v) is 8.67. The maximum atomic E-state index is 13.0. The second-order valence-corrected chi connectivity index (χ2v) is 6.34. The number of hydrogen-bond acceptors (Lipinski definition) is 6. The van der Waals surface area contributed by atoms with Crippen LogP contribution in [0.5, 0.6) is 11.5 Å². The number of para-hydroxylation sites is 2. The summed E-state index contributed by atoms with van der Waals surface area (Å²) < 4.78 is 28.7. The third-order valence-electron chi connectivity index (χ3n) is 3.11. The molecule has 0 aliphatic carbocycles. The number of hydroxylamine groups is 2. The van der Waals surface area contributed by atoms with Crippen LogP contribution in [-0.2, 0) is 18.8 Å². The van der Waals surface area contributed by atoms with Crippen molar-refractivity contribution >= 4 is 19.6 Å². The number of rotatable bonds is 6. The van der Waals surface area contributed by atoms with Gasteiger partial charge in [0.15, 0.2) is 0 Å². The third kappa shape index (κ3) is 3.82. The van der Waals surface area contributed by atoms with Crippen molar-refractivity contribution in [2.75, 3.05) is 0 Å². The Labute approximate surface area is 138 Å². The topological polar surface area (TPSA) is 82.1 Å². The van der Waals surface area contributed by atoms with Crippen molar-refractivity contribution < 1.29 is 27.8 Å². The summed E-state index contributed by atoms with van der Waals surface area (Å²) in [5.41, 5.74) is 0. The van der Waals surface area contributed by atoms with E-state index < -0.39 is 19.6 Å². The number of nitrogens with zero attached hydrogens (tertiary/aromatic N) is 1. The molecule has 0 atom stereocenters. The largest absolute Gasteiger partial charge is 0.610 e. The first kappa shape index (κ1) is 16.2. The van der Waals surface area contributed by atoms with Crippen LogP contribution in [0.3, 0.4) is 0 Å². The number of hydrogen-bond donors (Lipinski definition) is 0. The predicted octanol–water partition coefficient (Wildman–Crippen LogP) is 3.33. The zero-order valence-electron chi connectivity index (χ0n) is 12.5. The van der Waals surface area contributed by atoms with Gasteiger partial charge in [-0.25, -0.2) is 4.57 Å². The Morgan fingerprint density at radius 2 is 1.17 bits per heavy atom. The molecule has 2 amide bonds. The average molecular weight is 347 g/mol. The van der Waals surface area contributed by atoms with Gasteiger partial charge in [0.05, 0.1) is 0 Å². The fraction of sp³-hybridized carbons (Fsp3) is 0.125. The molecule has 0 bridgehead atoms. The molecule has 124 valence electrons. The molecular weight excluding hydrogens is 333 g/mol. The number of benzene rings is 2. The first-order chi connectivity index (χ1) is 11.6. The van der Waals surface area contributed by atoms with Gasteiger partial charge in [-0.1, -0.05) is 36.4 Å². The number of carbonyl (C=O) groups excluding carboxylic acids is 2. The molecule has 1 aliphatic heterocycles. The Morgan fingerprint density at radius 3 is 1.58 bits per heavy atom. The lowest BCUT2D eigenvalue weighted by atomic mass is 10.3.